The highest BCUT2D eigenvalue weighted by molar-refractivity contribution is 6.30. The summed E-state index contributed by atoms with van der Waals surface area (Å²) in [6.45, 7) is 1.97. The molecule has 106 valence electrons. The van der Waals surface area contributed by atoms with Crippen molar-refractivity contribution in [1.29, 1.82) is 5.26 Å². The van der Waals surface area contributed by atoms with Gasteiger partial charge in [-0.15, -0.1) is 0 Å². The molecular formula is C16H19ClN2O. The molecule has 2 rings (SSSR count). The van der Waals surface area contributed by atoms with Crippen LogP contribution in [-0.4, -0.2) is 17.9 Å². The van der Waals surface area contributed by atoms with E-state index in [0.29, 0.717) is 17.9 Å². The van der Waals surface area contributed by atoms with Gasteiger partial charge in [0.1, 0.15) is 5.41 Å². The van der Waals surface area contributed by atoms with Crippen molar-refractivity contribution in [2.45, 2.75) is 38.6 Å². The van der Waals surface area contributed by atoms with Gasteiger partial charge in [0.2, 0.25) is 5.91 Å². The van der Waals surface area contributed by atoms with Gasteiger partial charge >= 0.3 is 0 Å². The Balaban J connectivity index is 2.18. The highest BCUT2D eigenvalue weighted by Crippen LogP contribution is 2.40. The van der Waals surface area contributed by atoms with Gasteiger partial charge in [-0.3, -0.25) is 4.79 Å². The van der Waals surface area contributed by atoms with Gasteiger partial charge in [-0.2, -0.15) is 5.26 Å². The first-order valence-corrected chi connectivity index (χ1v) is 7.32. The average molecular weight is 291 g/mol. The fourth-order valence-corrected chi connectivity index (χ4v) is 2.96. The molecule has 0 radical (unpaired) electrons. The van der Waals surface area contributed by atoms with Crippen molar-refractivity contribution in [3.8, 4) is 6.07 Å². The first-order valence-electron chi connectivity index (χ1n) is 6.94. The van der Waals surface area contributed by atoms with E-state index in [-0.39, 0.29) is 11.9 Å². The summed E-state index contributed by atoms with van der Waals surface area (Å²) in [5.74, 6) is -0.0556. The number of carbonyl (C=O) groups excluding carboxylic acids is 1. The molecular weight excluding hydrogens is 272 g/mol. The van der Waals surface area contributed by atoms with Crippen LogP contribution in [0.3, 0.4) is 0 Å². The monoisotopic (exact) mass is 290 g/mol. The molecule has 0 aliphatic heterocycles. The molecule has 1 aliphatic carbocycles. The molecule has 1 amide bonds. The maximum Gasteiger partial charge on any atom is 0.243 e. The third-order valence-electron chi connectivity index (χ3n) is 4.33. The quantitative estimate of drug-likeness (QED) is 0.846. The van der Waals surface area contributed by atoms with E-state index in [2.05, 4.69) is 6.07 Å². The summed E-state index contributed by atoms with van der Waals surface area (Å²) in [7, 11) is 1.78. The van der Waals surface area contributed by atoms with Gasteiger partial charge in [0.25, 0.3) is 0 Å². The number of amides is 1. The lowest BCUT2D eigenvalue weighted by atomic mass is 9.86. The maximum absolute atomic E-state index is 12.7. The zero-order valence-corrected chi connectivity index (χ0v) is 12.7. The van der Waals surface area contributed by atoms with Crippen LogP contribution in [0.25, 0.3) is 0 Å². The Bertz CT molecular complexity index is 526. The number of rotatable bonds is 3. The molecule has 1 fully saturated rings. The van der Waals surface area contributed by atoms with Gasteiger partial charge in [-0.25, -0.2) is 0 Å². The Morgan fingerprint density at radius 3 is 2.40 bits per heavy atom. The van der Waals surface area contributed by atoms with Crippen LogP contribution >= 0.6 is 11.6 Å². The van der Waals surface area contributed by atoms with Crippen LogP contribution in [0.4, 0.5) is 0 Å². The van der Waals surface area contributed by atoms with E-state index >= 15 is 0 Å². The van der Waals surface area contributed by atoms with Crippen molar-refractivity contribution in [2.75, 3.05) is 7.05 Å². The number of nitrogens with zero attached hydrogens (tertiary/aromatic N) is 2. The zero-order valence-electron chi connectivity index (χ0n) is 11.9. The van der Waals surface area contributed by atoms with Crippen molar-refractivity contribution in [3.63, 3.8) is 0 Å². The maximum atomic E-state index is 12.7. The summed E-state index contributed by atoms with van der Waals surface area (Å²) in [5, 5.41) is 10.1. The van der Waals surface area contributed by atoms with Crippen molar-refractivity contribution >= 4 is 17.5 Å². The van der Waals surface area contributed by atoms with Gasteiger partial charge in [-0.05, 0) is 37.5 Å². The number of nitriles is 1. The van der Waals surface area contributed by atoms with Gasteiger partial charge in [0, 0.05) is 12.1 Å². The van der Waals surface area contributed by atoms with Crippen LogP contribution in [0.2, 0.25) is 5.02 Å². The number of benzene rings is 1. The van der Waals surface area contributed by atoms with Crippen molar-refractivity contribution in [1.82, 2.24) is 4.90 Å². The van der Waals surface area contributed by atoms with Gasteiger partial charge < -0.3 is 4.90 Å². The lowest BCUT2D eigenvalue weighted by Crippen LogP contribution is -2.41. The summed E-state index contributed by atoms with van der Waals surface area (Å²) >= 11 is 5.88. The van der Waals surface area contributed by atoms with E-state index in [4.69, 9.17) is 11.6 Å². The smallest absolute Gasteiger partial charge is 0.243 e. The van der Waals surface area contributed by atoms with Crippen LogP contribution in [0.5, 0.6) is 0 Å². The summed E-state index contributed by atoms with van der Waals surface area (Å²) in [5.41, 5.74) is 0.214. The second-order valence-electron chi connectivity index (χ2n) is 5.54. The molecule has 1 unspecified atom stereocenters. The molecule has 0 heterocycles. The van der Waals surface area contributed by atoms with Crippen LogP contribution in [0, 0.1) is 16.7 Å². The second-order valence-corrected chi connectivity index (χ2v) is 5.98. The fourth-order valence-electron chi connectivity index (χ4n) is 2.83. The third kappa shape index (κ3) is 2.66. The minimum atomic E-state index is -0.810. The molecule has 3 nitrogen and oxygen atoms in total. The molecule has 0 spiro atoms. The van der Waals surface area contributed by atoms with E-state index in [0.717, 1.165) is 18.4 Å². The van der Waals surface area contributed by atoms with Crippen molar-refractivity contribution in [2.24, 2.45) is 5.41 Å². The largest absolute Gasteiger partial charge is 0.338 e. The van der Waals surface area contributed by atoms with Crippen LogP contribution in [0.1, 0.15) is 44.2 Å². The van der Waals surface area contributed by atoms with Crippen molar-refractivity contribution < 1.29 is 4.79 Å². The number of carbonyl (C=O) groups is 1. The Morgan fingerprint density at radius 1 is 1.35 bits per heavy atom. The second kappa shape index (κ2) is 5.85. The summed E-state index contributed by atoms with van der Waals surface area (Å²) in [6, 6.07) is 9.68. The lowest BCUT2D eigenvalue weighted by molar-refractivity contribution is -0.139. The molecule has 1 atom stereocenters. The molecule has 1 aliphatic rings. The van der Waals surface area contributed by atoms with Crippen molar-refractivity contribution in [3.05, 3.63) is 34.9 Å². The van der Waals surface area contributed by atoms with E-state index in [1.54, 1.807) is 11.9 Å². The fraction of sp³-hybridized carbons (Fsp3) is 0.500. The topological polar surface area (TPSA) is 44.1 Å². The zero-order chi connectivity index (χ0) is 14.8. The number of hydrogen-bond donors (Lipinski definition) is 0. The predicted molar refractivity (Wildman–Crippen MR) is 79.2 cm³/mol. The highest BCUT2D eigenvalue weighted by Gasteiger charge is 2.44. The molecule has 0 bridgehead atoms. The number of hydrogen-bond acceptors (Lipinski definition) is 2. The molecule has 1 saturated carbocycles. The Hall–Kier alpha value is -1.53. The molecule has 4 heteroatoms. The van der Waals surface area contributed by atoms with E-state index in [1.807, 2.05) is 31.2 Å². The minimum Gasteiger partial charge on any atom is -0.338 e. The van der Waals surface area contributed by atoms with Crippen LogP contribution in [0.15, 0.2) is 24.3 Å². The summed E-state index contributed by atoms with van der Waals surface area (Å²) in [6.07, 6.45) is 3.28. The lowest BCUT2D eigenvalue weighted by Gasteiger charge is -2.31. The standard InChI is InChI=1S/C16H19ClN2O/c1-12(13-5-7-14(17)8-6-13)19(2)15(20)16(11-18)9-3-4-10-16/h5-8,12H,3-4,9-10H2,1-2H3. The van der Waals surface area contributed by atoms with E-state index in [9.17, 15) is 10.1 Å². The summed E-state index contributed by atoms with van der Waals surface area (Å²) in [4.78, 5) is 14.3. The Morgan fingerprint density at radius 2 is 1.90 bits per heavy atom. The minimum absolute atomic E-state index is 0.0556. The molecule has 20 heavy (non-hydrogen) atoms. The highest BCUT2D eigenvalue weighted by atomic mass is 35.5. The number of halogens is 1. The van der Waals surface area contributed by atoms with Crippen LogP contribution in [-0.2, 0) is 4.79 Å². The van der Waals surface area contributed by atoms with Gasteiger partial charge in [0.05, 0.1) is 12.1 Å². The average Bonchev–Trinajstić information content (AvgIpc) is 2.96. The first-order chi connectivity index (χ1) is 9.50. The molecule has 0 N–H and O–H groups in total. The van der Waals surface area contributed by atoms with Crippen LogP contribution < -0.4 is 0 Å². The molecule has 0 saturated heterocycles. The molecule has 1 aromatic rings. The van der Waals surface area contributed by atoms with E-state index < -0.39 is 5.41 Å². The normalized spacial score (nSPS) is 18.3. The molecule has 1 aromatic carbocycles. The summed E-state index contributed by atoms with van der Waals surface area (Å²) < 4.78 is 0. The van der Waals surface area contributed by atoms with Gasteiger partial charge in [0.15, 0.2) is 0 Å². The third-order valence-corrected chi connectivity index (χ3v) is 4.59. The predicted octanol–water partition coefficient (Wildman–Crippen LogP) is 3.94. The van der Waals surface area contributed by atoms with Gasteiger partial charge in [-0.1, -0.05) is 36.6 Å². The Kier molecular flexibility index (Phi) is 4.35. The molecule has 0 aromatic heterocycles. The SMILES string of the molecule is CC(c1ccc(Cl)cc1)N(C)C(=O)C1(C#N)CCCC1. The van der Waals surface area contributed by atoms with E-state index in [1.165, 1.54) is 0 Å². The Labute approximate surface area is 125 Å². The first kappa shape index (κ1) is 14.9.